The molecule has 1 aliphatic carbocycles. The third-order valence-electron chi connectivity index (χ3n) is 3.28. The molecule has 0 atom stereocenters. The smallest absolute Gasteiger partial charge is 0.338 e. The Labute approximate surface area is 109 Å². The maximum Gasteiger partial charge on any atom is 0.338 e. The van der Waals surface area contributed by atoms with Crippen LogP contribution in [-0.4, -0.2) is 18.6 Å². The number of esters is 1. The molecule has 0 aromatic heterocycles. The van der Waals surface area contributed by atoms with Gasteiger partial charge in [-0.15, -0.1) is 0 Å². The van der Waals surface area contributed by atoms with Crippen molar-refractivity contribution in [2.75, 3.05) is 11.9 Å². The van der Waals surface area contributed by atoms with Gasteiger partial charge in [-0.3, -0.25) is 0 Å². The van der Waals surface area contributed by atoms with Crippen LogP contribution >= 0.6 is 0 Å². The average molecular weight is 247 g/mol. The first-order valence-corrected chi connectivity index (χ1v) is 6.70. The predicted octanol–water partition coefficient (Wildman–Crippen LogP) is 3.46. The van der Waals surface area contributed by atoms with Gasteiger partial charge in [0, 0.05) is 12.2 Å². The van der Waals surface area contributed by atoms with Gasteiger partial charge in [0.05, 0.1) is 11.7 Å². The number of carbonyl (C=O) groups excluding carboxylic acids is 1. The molecule has 0 radical (unpaired) electrons. The number of nitrogens with one attached hydrogen (secondary N) is 1. The molecule has 0 bridgehead atoms. The molecule has 18 heavy (non-hydrogen) atoms. The summed E-state index contributed by atoms with van der Waals surface area (Å²) in [6.07, 6.45) is 3.97. The SMILES string of the molecule is CC(C)OC(=O)c1ccc(NCC2CCC2)cc1. The van der Waals surface area contributed by atoms with Crippen LogP contribution in [0, 0.1) is 5.92 Å². The number of hydrogen-bond donors (Lipinski definition) is 1. The normalized spacial score (nSPS) is 15.3. The van der Waals surface area contributed by atoms with Crippen LogP contribution in [0.25, 0.3) is 0 Å². The zero-order valence-corrected chi connectivity index (χ0v) is 11.1. The summed E-state index contributed by atoms with van der Waals surface area (Å²) in [7, 11) is 0. The third kappa shape index (κ3) is 3.49. The van der Waals surface area contributed by atoms with Gasteiger partial charge in [0.15, 0.2) is 0 Å². The van der Waals surface area contributed by atoms with E-state index < -0.39 is 0 Å². The topological polar surface area (TPSA) is 38.3 Å². The molecule has 0 spiro atoms. The minimum Gasteiger partial charge on any atom is -0.459 e. The molecule has 1 aromatic carbocycles. The lowest BCUT2D eigenvalue weighted by Gasteiger charge is -2.25. The van der Waals surface area contributed by atoms with Crippen LogP contribution in [-0.2, 0) is 4.74 Å². The minimum absolute atomic E-state index is 0.0751. The molecule has 1 saturated carbocycles. The molecule has 3 heteroatoms. The van der Waals surface area contributed by atoms with Crippen molar-refractivity contribution < 1.29 is 9.53 Å². The Kier molecular flexibility index (Phi) is 4.24. The molecule has 0 aliphatic heterocycles. The molecule has 1 aromatic rings. The fourth-order valence-electron chi connectivity index (χ4n) is 1.97. The van der Waals surface area contributed by atoms with Gasteiger partial charge in [-0.25, -0.2) is 4.79 Å². The van der Waals surface area contributed by atoms with Crippen molar-refractivity contribution in [2.45, 2.75) is 39.2 Å². The minimum atomic E-state index is -0.254. The van der Waals surface area contributed by atoms with E-state index in [-0.39, 0.29) is 12.1 Å². The van der Waals surface area contributed by atoms with Crippen molar-refractivity contribution in [3.63, 3.8) is 0 Å². The summed E-state index contributed by atoms with van der Waals surface area (Å²) in [5.74, 6) is 0.575. The van der Waals surface area contributed by atoms with Crippen LogP contribution in [0.15, 0.2) is 24.3 Å². The Morgan fingerprint density at radius 2 is 2.00 bits per heavy atom. The van der Waals surface area contributed by atoms with Crippen LogP contribution in [0.1, 0.15) is 43.5 Å². The highest BCUT2D eigenvalue weighted by molar-refractivity contribution is 5.89. The van der Waals surface area contributed by atoms with Gasteiger partial charge < -0.3 is 10.1 Å². The van der Waals surface area contributed by atoms with Crippen molar-refractivity contribution in [1.82, 2.24) is 0 Å². The number of benzene rings is 1. The molecule has 1 aliphatic rings. The number of hydrogen-bond acceptors (Lipinski definition) is 3. The Morgan fingerprint density at radius 1 is 1.33 bits per heavy atom. The van der Waals surface area contributed by atoms with Gasteiger partial charge in [0.25, 0.3) is 0 Å². The first-order valence-electron chi connectivity index (χ1n) is 6.70. The summed E-state index contributed by atoms with van der Waals surface area (Å²) in [5.41, 5.74) is 1.68. The molecule has 0 saturated heterocycles. The van der Waals surface area contributed by atoms with E-state index in [9.17, 15) is 4.79 Å². The van der Waals surface area contributed by atoms with Crippen LogP contribution < -0.4 is 5.32 Å². The molecular formula is C15H21NO2. The Bertz CT molecular complexity index is 393. The number of anilines is 1. The first kappa shape index (κ1) is 12.9. The van der Waals surface area contributed by atoms with Crippen molar-refractivity contribution in [1.29, 1.82) is 0 Å². The van der Waals surface area contributed by atoms with E-state index in [4.69, 9.17) is 4.74 Å². The quantitative estimate of drug-likeness (QED) is 0.810. The molecular weight excluding hydrogens is 226 g/mol. The lowest BCUT2D eigenvalue weighted by atomic mass is 9.85. The Morgan fingerprint density at radius 3 is 2.50 bits per heavy atom. The van der Waals surface area contributed by atoms with E-state index >= 15 is 0 Å². The second kappa shape index (κ2) is 5.89. The second-order valence-electron chi connectivity index (χ2n) is 5.21. The van der Waals surface area contributed by atoms with Crippen LogP contribution in [0.5, 0.6) is 0 Å². The van der Waals surface area contributed by atoms with Crippen molar-refractivity contribution in [3.8, 4) is 0 Å². The van der Waals surface area contributed by atoms with Gasteiger partial charge >= 0.3 is 5.97 Å². The van der Waals surface area contributed by atoms with E-state index in [0.717, 1.165) is 18.2 Å². The zero-order valence-electron chi connectivity index (χ0n) is 11.1. The van der Waals surface area contributed by atoms with Crippen LogP contribution in [0.3, 0.4) is 0 Å². The molecule has 3 nitrogen and oxygen atoms in total. The maximum absolute atomic E-state index is 11.6. The largest absolute Gasteiger partial charge is 0.459 e. The summed E-state index contributed by atoms with van der Waals surface area (Å²) in [6, 6.07) is 7.51. The predicted molar refractivity (Wildman–Crippen MR) is 72.8 cm³/mol. The van der Waals surface area contributed by atoms with Gasteiger partial charge in [-0.1, -0.05) is 6.42 Å². The highest BCUT2D eigenvalue weighted by atomic mass is 16.5. The first-order chi connectivity index (χ1) is 8.65. The van der Waals surface area contributed by atoms with E-state index in [1.807, 2.05) is 38.1 Å². The van der Waals surface area contributed by atoms with Crippen molar-refractivity contribution in [2.24, 2.45) is 5.92 Å². The molecule has 0 heterocycles. The fraction of sp³-hybridized carbons (Fsp3) is 0.533. The van der Waals surface area contributed by atoms with Gasteiger partial charge in [-0.2, -0.15) is 0 Å². The van der Waals surface area contributed by atoms with Crippen LogP contribution in [0.4, 0.5) is 5.69 Å². The monoisotopic (exact) mass is 247 g/mol. The summed E-state index contributed by atoms with van der Waals surface area (Å²) in [6.45, 7) is 4.74. The lowest BCUT2D eigenvalue weighted by molar-refractivity contribution is 0.0378. The third-order valence-corrected chi connectivity index (χ3v) is 3.28. The van der Waals surface area contributed by atoms with E-state index in [1.165, 1.54) is 19.3 Å². The van der Waals surface area contributed by atoms with E-state index in [0.29, 0.717) is 5.56 Å². The maximum atomic E-state index is 11.6. The van der Waals surface area contributed by atoms with E-state index in [1.54, 1.807) is 0 Å². The molecule has 1 fully saturated rings. The zero-order chi connectivity index (χ0) is 13.0. The van der Waals surface area contributed by atoms with Crippen molar-refractivity contribution in [3.05, 3.63) is 29.8 Å². The molecule has 0 unspecified atom stereocenters. The molecule has 2 rings (SSSR count). The standard InChI is InChI=1S/C15H21NO2/c1-11(2)18-15(17)13-6-8-14(9-7-13)16-10-12-4-3-5-12/h6-9,11-12,16H,3-5,10H2,1-2H3. The second-order valence-corrected chi connectivity index (χ2v) is 5.21. The molecule has 98 valence electrons. The van der Waals surface area contributed by atoms with Crippen LogP contribution in [0.2, 0.25) is 0 Å². The summed E-state index contributed by atoms with van der Waals surface area (Å²) in [5, 5.41) is 3.40. The van der Waals surface area contributed by atoms with E-state index in [2.05, 4.69) is 5.32 Å². The number of rotatable bonds is 5. The highest BCUT2D eigenvalue weighted by Crippen LogP contribution is 2.26. The number of ether oxygens (including phenoxy) is 1. The van der Waals surface area contributed by atoms with Gasteiger partial charge in [0.1, 0.15) is 0 Å². The highest BCUT2D eigenvalue weighted by Gasteiger charge is 2.16. The Balaban J connectivity index is 1.86. The summed E-state index contributed by atoms with van der Waals surface area (Å²) in [4.78, 5) is 11.6. The number of carbonyl (C=O) groups is 1. The van der Waals surface area contributed by atoms with Gasteiger partial charge in [0.2, 0.25) is 0 Å². The summed E-state index contributed by atoms with van der Waals surface area (Å²) >= 11 is 0. The average Bonchev–Trinajstić information content (AvgIpc) is 2.27. The van der Waals surface area contributed by atoms with Crippen molar-refractivity contribution >= 4 is 11.7 Å². The fourth-order valence-corrected chi connectivity index (χ4v) is 1.97. The molecule has 0 amide bonds. The lowest BCUT2D eigenvalue weighted by Crippen LogP contribution is -2.20. The molecule has 1 N–H and O–H groups in total. The summed E-state index contributed by atoms with van der Waals surface area (Å²) < 4.78 is 5.14. The van der Waals surface area contributed by atoms with Gasteiger partial charge in [-0.05, 0) is 56.9 Å². The Hall–Kier alpha value is -1.51.